The molecule has 1 aromatic carbocycles. The summed E-state index contributed by atoms with van der Waals surface area (Å²) < 4.78 is 0. The molecule has 3 nitrogen and oxygen atoms in total. The topological polar surface area (TPSA) is 41.1 Å². The highest BCUT2D eigenvalue weighted by Gasteiger charge is 2.36. The highest BCUT2D eigenvalue weighted by molar-refractivity contribution is 6.31. The van der Waals surface area contributed by atoms with Crippen molar-refractivity contribution in [3.8, 4) is 0 Å². The minimum absolute atomic E-state index is 0.0485. The van der Waals surface area contributed by atoms with E-state index in [-0.39, 0.29) is 11.9 Å². The molecule has 1 amide bonds. The van der Waals surface area contributed by atoms with Crippen LogP contribution < -0.4 is 10.6 Å². The van der Waals surface area contributed by atoms with Crippen LogP contribution in [0.3, 0.4) is 0 Å². The fraction of sp³-hybridized carbons (Fsp3) is 0.500. The molecule has 1 heterocycles. The van der Waals surface area contributed by atoms with Crippen molar-refractivity contribution in [3.05, 3.63) is 34.9 Å². The van der Waals surface area contributed by atoms with E-state index < -0.39 is 5.54 Å². The lowest BCUT2D eigenvalue weighted by Crippen LogP contribution is -2.51. The molecule has 1 aromatic rings. The van der Waals surface area contributed by atoms with Crippen LogP contribution in [-0.2, 0) is 4.79 Å². The normalized spacial score (nSPS) is 24.8. The zero-order chi connectivity index (χ0) is 13.2. The second-order valence-electron chi connectivity index (χ2n) is 5.08. The zero-order valence-corrected chi connectivity index (χ0v) is 11.6. The van der Waals surface area contributed by atoms with Gasteiger partial charge in [0.1, 0.15) is 0 Å². The predicted molar refractivity (Wildman–Crippen MR) is 73.7 cm³/mol. The van der Waals surface area contributed by atoms with Gasteiger partial charge in [-0.3, -0.25) is 4.79 Å². The Morgan fingerprint density at radius 3 is 2.83 bits per heavy atom. The Kier molecular flexibility index (Phi) is 3.93. The molecule has 4 heteroatoms. The van der Waals surface area contributed by atoms with E-state index in [0.717, 1.165) is 24.9 Å². The standard InChI is InChI=1S/C14H19ClN2O/c1-10(11-6-3-4-7-12(11)15)17-13(18)14(2)8-5-9-16-14/h3-4,6-7,10,16H,5,8-9H2,1-2H3,(H,17,18)/t10-,14?/m0/s1. The molecule has 1 unspecified atom stereocenters. The van der Waals surface area contributed by atoms with Crippen LogP contribution in [0, 0.1) is 0 Å². The lowest BCUT2D eigenvalue weighted by Gasteiger charge is -2.26. The number of benzene rings is 1. The third kappa shape index (κ3) is 2.68. The van der Waals surface area contributed by atoms with Gasteiger partial charge in [0.05, 0.1) is 11.6 Å². The Hall–Kier alpha value is -1.06. The van der Waals surface area contributed by atoms with Crippen molar-refractivity contribution in [2.75, 3.05) is 6.54 Å². The predicted octanol–water partition coefficient (Wildman–Crippen LogP) is 2.66. The summed E-state index contributed by atoms with van der Waals surface area (Å²) in [4.78, 5) is 12.2. The highest BCUT2D eigenvalue weighted by Crippen LogP contribution is 2.24. The van der Waals surface area contributed by atoms with Gasteiger partial charge in [-0.15, -0.1) is 0 Å². The van der Waals surface area contributed by atoms with E-state index in [4.69, 9.17) is 11.6 Å². The minimum atomic E-state index is -0.435. The van der Waals surface area contributed by atoms with Crippen LogP contribution in [0.4, 0.5) is 0 Å². The molecular weight excluding hydrogens is 248 g/mol. The Morgan fingerprint density at radius 2 is 2.22 bits per heavy atom. The van der Waals surface area contributed by atoms with Crippen LogP contribution in [0.25, 0.3) is 0 Å². The van der Waals surface area contributed by atoms with Crippen molar-refractivity contribution in [1.29, 1.82) is 0 Å². The van der Waals surface area contributed by atoms with E-state index in [9.17, 15) is 4.79 Å². The van der Waals surface area contributed by atoms with Gasteiger partial charge in [0.25, 0.3) is 0 Å². The maximum atomic E-state index is 12.2. The fourth-order valence-corrected chi connectivity index (χ4v) is 2.65. The number of carbonyl (C=O) groups excluding carboxylic acids is 1. The van der Waals surface area contributed by atoms with E-state index in [2.05, 4.69) is 10.6 Å². The lowest BCUT2D eigenvalue weighted by atomic mass is 9.98. The van der Waals surface area contributed by atoms with Crippen LogP contribution in [0.15, 0.2) is 24.3 Å². The summed E-state index contributed by atoms with van der Waals surface area (Å²) in [6.45, 7) is 4.82. The van der Waals surface area contributed by atoms with Crippen molar-refractivity contribution in [2.24, 2.45) is 0 Å². The summed E-state index contributed by atoms with van der Waals surface area (Å²) in [6, 6.07) is 7.53. The summed E-state index contributed by atoms with van der Waals surface area (Å²) in [5.74, 6) is 0.0485. The zero-order valence-electron chi connectivity index (χ0n) is 10.8. The second-order valence-corrected chi connectivity index (χ2v) is 5.49. The Bertz CT molecular complexity index is 441. The minimum Gasteiger partial charge on any atom is -0.348 e. The van der Waals surface area contributed by atoms with E-state index in [0.29, 0.717) is 5.02 Å². The van der Waals surface area contributed by atoms with Gasteiger partial charge in [-0.2, -0.15) is 0 Å². The van der Waals surface area contributed by atoms with Gasteiger partial charge in [0.2, 0.25) is 5.91 Å². The molecule has 0 aromatic heterocycles. The molecule has 1 aliphatic rings. The van der Waals surface area contributed by atoms with Crippen LogP contribution in [0.5, 0.6) is 0 Å². The molecule has 1 saturated heterocycles. The first-order chi connectivity index (χ1) is 8.53. The van der Waals surface area contributed by atoms with Gasteiger partial charge in [-0.05, 0) is 44.9 Å². The van der Waals surface area contributed by atoms with Gasteiger partial charge in [-0.1, -0.05) is 29.8 Å². The molecule has 1 aliphatic heterocycles. The number of rotatable bonds is 3. The van der Waals surface area contributed by atoms with E-state index in [1.807, 2.05) is 38.1 Å². The summed E-state index contributed by atoms with van der Waals surface area (Å²) >= 11 is 6.13. The largest absolute Gasteiger partial charge is 0.348 e. The summed E-state index contributed by atoms with van der Waals surface area (Å²) in [7, 11) is 0. The molecule has 98 valence electrons. The molecule has 1 fully saturated rings. The molecule has 2 rings (SSSR count). The molecule has 0 saturated carbocycles. The number of carbonyl (C=O) groups is 1. The number of amides is 1. The first kappa shape index (κ1) is 13.4. The van der Waals surface area contributed by atoms with E-state index >= 15 is 0 Å². The highest BCUT2D eigenvalue weighted by atomic mass is 35.5. The number of nitrogens with one attached hydrogen (secondary N) is 2. The molecular formula is C14H19ClN2O. The average Bonchev–Trinajstić information content (AvgIpc) is 2.78. The molecule has 0 bridgehead atoms. The third-order valence-corrected chi connectivity index (χ3v) is 3.93. The lowest BCUT2D eigenvalue weighted by molar-refractivity contribution is -0.127. The SMILES string of the molecule is C[C@H](NC(=O)C1(C)CCCN1)c1ccccc1Cl. The van der Waals surface area contributed by atoms with Gasteiger partial charge in [0, 0.05) is 5.02 Å². The van der Waals surface area contributed by atoms with E-state index in [1.54, 1.807) is 0 Å². The monoisotopic (exact) mass is 266 g/mol. The van der Waals surface area contributed by atoms with Crippen molar-refractivity contribution in [1.82, 2.24) is 10.6 Å². The third-order valence-electron chi connectivity index (χ3n) is 3.59. The molecule has 2 atom stereocenters. The number of hydrogen-bond acceptors (Lipinski definition) is 2. The Labute approximate surface area is 113 Å². The van der Waals surface area contributed by atoms with Gasteiger partial charge >= 0.3 is 0 Å². The summed E-state index contributed by atoms with van der Waals surface area (Å²) in [5.41, 5.74) is 0.518. The molecule has 2 N–H and O–H groups in total. The van der Waals surface area contributed by atoms with Crippen LogP contribution >= 0.6 is 11.6 Å². The molecule has 0 spiro atoms. The van der Waals surface area contributed by atoms with Crippen molar-refractivity contribution in [2.45, 2.75) is 38.3 Å². The molecule has 18 heavy (non-hydrogen) atoms. The van der Waals surface area contributed by atoms with Crippen LogP contribution in [0.1, 0.15) is 38.3 Å². The summed E-state index contributed by atoms with van der Waals surface area (Å²) in [6.07, 6.45) is 1.93. The maximum absolute atomic E-state index is 12.2. The number of halogens is 1. The molecule has 0 aliphatic carbocycles. The Morgan fingerprint density at radius 1 is 1.50 bits per heavy atom. The quantitative estimate of drug-likeness (QED) is 0.883. The van der Waals surface area contributed by atoms with Crippen molar-refractivity contribution in [3.63, 3.8) is 0 Å². The molecule has 0 radical (unpaired) electrons. The van der Waals surface area contributed by atoms with Gasteiger partial charge < -0.3 is 10.6 Å². The van der Waals surface area contributed by atoms with Crippen molar-refractivity contribution >= 4 is 17.5 Å². The Balaban J connectivity index is 2.06. The first-order valence-electron chi connectivity index (χ1n) is 6.33. The number of hydrogen-bond donors (Lipinski definition) is 2. The first-order valence-corrected chi connectivity index (χ1v) is 6.71. The van der Waals surface area contributed by atoms with Gasteiger partial charge in [-0.25, -0.2) is 0 Å². The fourth-order valence-electron chi connectivity index (χ4n) is 2.35. The summed E-state index contributed by atoms with van der Waals surface area (Å²) in [5, 5.41) is 6.98. The second kappa shape index (κ2) is 5.29. The van der Waals surface area contributed by atoms with Crippen LogP contribution in [-0.4, -0.2) is 18.0 Å². The van der Waals surface area contributed by atoms with Crippen molar-refractivity contribution < 1.29 is 4.79 Å². The van der Waals surface area contributed by atoms with Gasteiger partial charge in [0.15, 0.2) is 0 Å². The van der Waals surface area contributed by atoms with E-state index in [1.165, 1.54) is 0 Å². The maximum Gasteiger partial charge on any atom is 0.240 e. The van der Waals surface area contributed by atoms with Crippen LogP contribution in [0.2, 0.25) is 5.02 Å². The smallest absolute Gasteiger partial charge is 0.240 e. The average molecular weight is 267 g/mol.